The van der Waals surface area contributed by atoms with Gasteiger partial charge in [-0.15, -0.1) is 0 Å². The van der Waals surface area contributed by atoms with Crippen LogP contribution >= 0.6 is 0 Å². The van der Waals surface area contributed by atoms with E-state index in [1.165, 1.54) is 0 Å². The first-order valence-corrected chi connectivity index (χ1v) is 10.2. The van der Waals surface area contributed by atoms with Gasteiger partial charge in [0.1, 0.15) is 17.2 Å². The molecular formula is C21H23NO5S. The number of methoxy groups -OCH3 is 3. The lowest BCUT2D eigenvalue weighted by molar-refractivity contribution is 0.398. The smallest absolute Gasteiger partial charge is 0.241 e. The largest absolute Gasteiger partial charge is 0.497 e. The summed E-state index contributed by atoms with van der Waals surface area (Å²) in [4.78, 5) is 0.224. The van der Waals surface area contributed by atoms with Crippen molar-refractivity contribution >= 4 is 20.8 Å². The van der Waals surface area contributed by atoms with Gasteiger partial charge in [0.05, 0.1) is 26.2 Å². The summed E-state index contributed by atoms with van der Waals surface area (Å²) in [5, 5.41) is 1.37. The Morgan fingerprint density at radius 3 is 2.18 bits per heavy atom. The Morgan fingerprint density at radius 2 is 1.50 bits per heavy atom. The first-order chi connectivity index (χ1) is 13.5. The number of hydrogen-bond donors (Lipinski definition) is 1. The van der Waals surface area contributed by atoms with Crippen LogP contribution in [0.2, 0.25) is 0 Å². The van der Waals surface area contributed by atoms with E-state index in [2.05, 4.69) is 4.72 Å². The third-order valence-electron chi connectivity index (χ3n) is 4.53. The van der Waals surface area contributed by atoms with Crippen molar-refractivity contribution in [2.24, 2.45) is 0 Å². The molecule has 0 aromatic heterocycles. The van der Waals surface area contributed by atoms with E-state index in [4.69, 9.17) is 14.2 Å². The van der Waals surface area contributed by atoms with Gasteiger partial charge in [-0.05, 0) is 42.3 Å². The molecule has 0 fully saturated rings. The second kappa shape index (κ2) is 8.50. The SMILES string of the molecule is COc1ccc(OC)c(CCNS(=O)(=O)c2ccc(OC)c3ccccc23)c1. The van der Waals surface area contributed by atoms with Crippen LogP contribution in [0.3, 0.4) is 0 Å². The third kappa shape index (κ3) is 4.05. The minimum Gasteiger partial charge on any atom is -0.497 e. The van der Waals surface area contributed by atoms with Gasteiger partial charge in [-0.1, -0.05) is 24.3 Å². The summed E-state index contributed by atoms with van der Waals surface area (Å²) in [5.74, 6) is 2.02. The van der Waals surface area contributed by atoms with Crippen molar-refractivity contribution < 1.29 is 22.6 Å². The van der Waals surface area contributed by atoms with E-state index in [0.717, 1.165) is 10.9 Å². The topological polar surface area (TPSA) is 73.9 Å². The molecule has 0 saturated carbocycles. The minimum absolute atomic E-state index is 0.224. The van der Waals surface area contributed by atoms with Crippen LogP contribution in [0.25, 0.3) is 10.8 Å². The number of rotatable bonds is 8. The molecule has 0 heterocycles. The maximum Gasteiger partial charge on any atom is 0.241 e. The van der Waals surface area contributed by atoms with Crippen LogP contribution in [0.4, 0.5) is 0 Å². The van der Waals surface area contributed by atoms with Gasteiger partial charge in [-0.3, -0.25) is 0 Å². The summed E-state index contributed by atoms with van der Waals surface area (Å²) in [5.41, 5.74) is 0.865. The third-order valence-corrected chi connectivity index (χ3v) is 6.05. The maximum atomic E-state index is 12.9. The highest BCUT2D eigenvalue weighted by Crippen LogP contribution is 2.31. The molecule has 0 amide bonds. The molecule has 3 rings (SSSR count). The molecule has 0 aliphatic carbocycles. The van der Waals surface area contributed by atoms with Crippen LogP contribution < -0.4 is 18.9 Å². The van der Waals surface area contributed by atoms with Crippen molar-refractivity contribution in [3.05, 3.63) is 60.2 Å². The molecule has 0 spiro atoms. The fraction of sp³-hybridized carbons (Fsp3) is 0.238. The average molecular weight is 401 g/mol. The predicted molar refractivity (Wildman–Crippen MR) is 109 cm³/mol. The second-order valence-electron chi connectivity index (χ2n) is 6.14. The lowest BCUT2D eigenvalue weighted by atomic mass is 10.1. The summed E-state index contributed by atoms with van der Waals surface area (Å²) in [6.07, 6.45) is 0.466. The molecule has 0 saturated heterocycles. The highest BCUT2D eigenvalue weighted by atomic mass is 32.2. The molecule has 148 valence electrons. The molecule has 7 heteroatoms. The first-order valence-electron chi connectivity index (χ1n) is 8.76. The van der Waals surface area contributed by atoms with Gasteiger partial charge in [-0.2, -0.15) is 0 Å². The summed E-state index contributed by atoms with van der Waals surface area (Å²) in [7, 11) is 1.04. The van der Waals surface area contributed by atoms with Crippen LogP contribution in [-0.4, -0.2) is 36.3 Å². The molecule has 0 aliphatic rings. The number of benzene rings is 3. The normalized spacial score (nSPS) is 11.4. The fourth-order valence-electron chi connectivity index (χ4n) is 3.13. The molecule has 3 aromatic carbocycles. The summed E-state index contributed by atoms with van der Waals surface area (Å²) >= 11 is 0. The van der Waals surface area contributed by atoms with E-state index in [0.29, 0.717) is 29.1 Å². The highest BCUT2D eigenvalue weighted by molar-refractivity contribution is 7.89. The van der Waals surface area contributed by atoms with Gasteiger partial charge in [-0.25, -0.2) is 13.1 Å². The van der Waals surface area contributed by atoms with E-state index >= 15 is 0 Å². The van der Waals surface area contributed by atoms with Crippen molar-refractivity contribution in [3.63, 3.8) is 0 Å². The Labute approximate surface area is 165 Å². The molecule has 0 aliphatic heterocycles. The lowest BCUT2D eigenvalue weighted by Crippen LogP contribution is -2.26. The van der Waals surface area contributed by atoms with E-state index in [-0.39, 0.29) is 11.4 Å². The lowest BCUT2D eigenvalue weighted by Gasteiger charge is -2.13. The van der Waals surface area contributed by atoms with Gasteiger partial charge in [0.25, 0.3) is 0 Å². The van der Waals surface area contributed by atoms with Crippen LogP contribution in [0.5, 0.6) is 17.2 Å². The van der Waals surface area contributed by atoms with Crippen LogP contribution in [-0.2, 0) is 16.4 Å². The Morgan fingerprint density at radius 1 is 0.821 bits per heavy atom. The van der Waals surface area contributed by atoms with E-state index in [1.807, 2.05) is 24.3 Å². The zero-order chi connectivity index (χ0) is 20.1. The summed E-state index contributed by atoms with van der Waals surface area (Å²) in [6.45, 7) is 0.228. The van der Waals surface area contributed by atoms with Crippen LogP contribution in [0, 0.1) is 0 Å². The Kier molecular flexibility index (Phi) is 6.06. The summed E-state index contributed by atoms with van der Waals surface area (Å²) in [6, 6.07) is 16.0. The van der Waals surface area contributed by atoms with E-state index in [1.54, 1.807) is 51.7 Å². The van der Waals surface area contributed by atoms with Crippen molar-refractivity contribution in [2.45, 2.75) is 11.3 Å². The fourth-order valence-corrected chi connectivity index (χ4v) is 4.37. The zero-order valence-electron chi connectivity index (χ0n) is 16.1. The number of fused-ring (bicyclic) bond motifs is 1. The second-order valence-corrected chi connectivity index (χ2v) is 7.87. The van der Waals surface area contributed by atoms with Gasteiger partial charge >= 0.3 is 0 Å². The Bertz CT molecular complexity index is 1080. The average Bonchev–Trinajstić information content (AvgIpc) is 2.72. The van der Waals surface area contributed by atoms with E-state index in [9.17, 15) is 8.42 Å². The van der Waals surface area contributed by atoms with E-state index < -0.39 is 10.0 Å². The molecule has 0 bridgehead atoms. The van der Waals surface area contributed by atoms with Crippen molar-refractivity contribution in [3.8, 4) is 17.2 Å². The molecule has 28 heavy (non-hydrogen) atoms. The number of hydrogen-bond acceptors (Lipinski definition) is 5. The molecule has 1 N–H and O–H groups in total. The highest BCUT2D eigenvalue weighted by Gasteiger charge is 2.19. The number of sulfonamides is 1. The molecule has 6 nitrogen and oxygen atoms in total. The Hall–Kier alpha value is -2.77. The molecule has 0 atom stereocenters. The van der Waals surface area contributed by atoms with Gasteiger partial charge < -0.3 is 14.2 Å². The maximum absolute atomic E-state index is 12.9. The predicted octanol–water partition coefficient (Wildman–Crippen LogP) is 3.39. The van der Waals surface area contributed by atoms with Crippen molar-refractivity contribution in [1.29, 1.82) is 0 Å². The van der Waals surface area contributed by atoms with Gasteiger partial charge in [0.15, 0.2) is 0 Å². The van der Waals surface area contributed by atoms with Crippen molar-refractivity contribution in [1.82, 2.24) is 4.72 Å². The monoisotopic (exact) mass is 401 g/mol. The minimum atomic E-state index is -3.69. The standard InChI is InChI=1S/C21H23NO5S/c1-25-16-8-9-19(26-2)15(14-16)12-13-22-28(23,24)21-11-10-20(27-3)17-6-4-5-7-18(17)21/h4-11,14,22H,12-13H2,1-3H3. The molecule has 3 aromatic rings. The zero-order valence-corrected chi connectivity index (χ0v) is 16.9. The Balaban J connectivity index is 1.83. The number of nitrogens with one attached hydrogen (secondary N) is 1. The van der Waals surface area contributed by atoms with Crippen molar-refractivity contribution in [2.75, 3.05) is 27.9 Å². The molecular weight excluding hydrogens is 378 g/mol. The van der Waals surface area contributed by atoms with Gasteiger partial charge in [0, 0.05) is 17.3 Å². The van der Waals surface area contributed by atoms with Crippen LogP contribution in [0.15, 0.2) is 59.5 Å². The summed E-state index contributed by atoms with van der Waals surface area (Å²) < 4.78 is 44.4. The quantitative estimate of drug-likeness (QED) is 0.626. The van der Waals surface area contributed by atoms with Crippen LogP contribution in [0.1, 0.15) is 5.56 Å². The molecule has 0 unspecified atom stereocenters. The molecule has 0 radical (unpaired) electrons. The first kappa shape index (κ1) is 20.0. The number of ether oxygens (including phenoxy) is 3. The van der Waals surface area contributed by atoms with Gasteiger partial charge in [0.2, 0.25) is 10.0 Å².